The second-order valence-electron chi connectivity index (χ2n) is 5.83. The van der Waals surface area contributed by atoms with E-state index in [0.717, 1.165) is 25.7 Å². The van der Waals surface area contributed by atoms with E-state index in [1.165, 1.54) is 11.3 Å². The number of aliphatic hydroxyl groups excluding tert-OH is 1. The molecule has 0 bridgehead atoms. The first-order chi connectivity index (χ1) is 9.93. The first-order valence-corrected chi connectivity index (χ1v) is 8.06. The summed E-state index contributed by atoms with van der Waals surface area (Å²) < 4.78 is 0. The minimum Gasteiger partial charge on any atom is -0.396 e. The molecule has 0 unspecified atom stereocenters. The van der Waals surface area contributed by atoms with Crippen LogP contribution in [0.15, 0.2) is 0 Å². The molecule has 1 heterocycles. The number of hydrogen-bond donors (Lipinski definition) is 3. The van der Waals surface area contributed by atoms with E-state index < -0.39 is 0 Å². The monoisotopic (exact) mass is 307 g/mol. The van der Waals surface area contributed by atoms with Gasteiger partial charge in [0.25, 0.3) is 0 Å². The van der Waals surface area contributed by atoms with E-state index in [-0.39, 0.29) is 23.8 Å². The van der Waals surface area contributed by atoms with Crippen molar-refractivity contribution in [2.75, 3.05) is 11.1 Å². The molecule has 2 rings (SSSR count). The molecule has 1 aliphatic rings. The van der Waals surface area contributed by atoms with Gasteiger partial charge in [-0.25, -0.2) is 0 Å². The van der Waals surface area contributed by atoms with Crippen LogP contribution in [0.5, 0.6) is 0 Å². The molecule has 1 aromatic heterocycles. The predicted octanol–water partition coefficient (Wildman–Crippen LogP) is 2.76. The summed E-state index contributed by atoms with van der Waals surface area (Å²) in [5, 5.41) is 22.8. The van der Waals surface area contributed by atoms with Crippen molar-refractivity contribution in [1.82, 2.24) is 0 Å². The Morgan fingerprint density at radius 2 is 2.05 bits per heavy atom. The maximum atomic E-state index is 12.1. The summed E-state index contributed by atoms with van der Waals surface area (Å²) in [4.78, 5) is 12.6. The molecule has 21 heavy (non-hydrogen) atoms. The first-order valence-electron chi connectivity index (χ1n) is 7.25. The predicted molar refractivity (Wildman–Crippen MR) is 84.5 cm³/mol. The number of Topliss-reactive ketones (excluding diaryl/α,β-unsaturated/α-hetero) is 1. The van der Waals surface area contributed by atoms with Crippen molar-refractivity contribution in [2.24, 2.45) is 5.92 Å². The number of rotatable bonds is 4. The number of carbonyl (C=O) groups excluding carboxylic acids is 1. The van der Waals surface area contributed by atoms with Crippen LogP contribution >= 0.6 is 11.3 Å². The van der Waals surface area contributed by atoms with Crippen LogP contribution in [0.25, 0.3) is 0 Å². The number of carbonyl (C=O) groups is 1. The van der Waals surface area contributed by atoms with Gasteiger partial charge in [-0.2, -0.15) is 5.26 Å². The Morgan fingerprint density at radius 1 is 1.43 bits per heavy atom. The number of anilines is 2. The fraction of sp³-hybridized carbons (Fsp3) is 0.600. The molecular formula is C15H21N3O2S. The molecule has 0 atom stereocenters. The summed E-state index contributed by atoms with van der Waals surface area (Å²) in [5.41, 5.74) is 6.63. The van der Waals surface area contributed by atoms with Gasteiger partial charge in [-0.1, -0.05) is 13.8 Å². The van der Waals surface area contributed by atoms with E-state index in [1.807, 2.05) is 13.8 Å². The fourth-order valence-electron chi connectivity index (χ4n) is 2.51. The molecule has 5 nitrogen and oxygen atoms in total. The van der Waals surface area contributed by atoms with Gasteiger partial charge in [0.15, 0.2) is 5.78 Å². The van der Waals surface area contributed by atoms with Crippen molar-refractivity contribution in [2.45, 2.75) is 51.7 Å². The van der Waals surface area contributed by atoms with Gasteiger partial charge in [0, 0.05) is 12.0 Å². The minimum absolute atomic E-state index is 0.0267. The van der Waals surface area contributed by atoms with Gasteiger partial charge in [-0.3, -0.25) is 4.79 Å². The second-order valence-corrected chi connectivity index (χ2v) is 6.85. The van der Waals surface area contributed by atoms with Crippen LogP contribution in [-0.4, -0.2) is 23.0 Å². The van der Waals surface area contributed by atoms with E-state index in [9.17, 15) is 15.2 Å². The highest BCUT2D eigenvalue weighted by atomic mass is 32.1. The minimum atomic E-state index is -0.218. The van der Waals surface area contributed by atoms with Crippen LogP contribution in [0, 0.1) is 17.2 Å². The molecule has 114 valence electrons. The third kappa shape index (κ3) is 3.36. The highest BCUT2D eigenvalue weighted by molar-refractivity contribution is 7.19. The maximum Gasteiger partial charge on any atom is 0.177 e. The average molecular weight is 307 g/mol. The van der Waals surface area contributed by atoms with Crippen molar-refractivity contribution in [3.05, 3.63) is 10.4 Å². The molecule has 0 spiro atoms. The SMILES string of the molecule is CC(C)C(=O)c1sc(NC2CCC(O)CC2)c(C#N)c1N. The van der Waals surface area contributed by atoms with Crippen LogP contribution in [0.3, 0.4) is 0 Å². The molecule has 0 aromatic carbocycles. The standard InChI is InChI=1S/C15H21N3O2S/c1-8(2)13(20)14-12(17)11(7-16)15(21-14)18-9-3-5-10(19)6-4-9/h8-10,18-19H,3-6,17H2,1-2H3. The largest absolute Gasteiger partial charge is 0.396 e. The Balaban J connectivity index is 2.22. The quantitative estimate of drug-likeness (QED) is 0.743. The number of hydrogen-bond acceptors (Lipinski definition) is 6. The Hall–Kier alpha value is -1.58. The average Bonchev–Trinajstić information content (AvgIpc) is 2.76. The number of aliphatic hydroxyl groups is 1. The van der Waals surface area contributed by atoms with Gasteiger partial charge in [0.05, 0.1) is 16.7 Å². The lowest BCUT2D eigenvalue weighted by Crippen LogP contribution is -2.28. The van der Waals surface area contributed by atoms with Crippen molar-refractivity contribution in [1.29, 1.82) is 5.26 Å². The molecule has 1 fully saturated rings. The van der Waals surface area contributed by atoms with E-state index in [0.29, 0.717) is 21.1 Å². The number of nitrogens with zero attached hydrogens (tertiary/aromatic N) is 1. The normalized spacial score (nSPS) is 22.0. The number of thiophene rings is 1. The molecule has 1 aliphatic carbocycles. The van der Waals surface area contributed by atoms with Gasteiger partial charge >= 0.3 is 0 Å². The van der Waals surface area contributed by atoms with Crippen LogP contribution in [-0.2, 0) is 0 Å². The molecule has 0 radical (unpaired) electrons. The molecule has 0 amide bonds. The Morgan fingerprint density at radius 3 is 2.57 bits per heavy atom. The zero-order chi connectivity index (χ0) is 15.6. The summed E-state index contributed by atoms with van der Waals surface area (Å²) in [5.74, 6) is -0.170. The van der Waals surface area contributed by atoms with Gasteiger partial charge in [-0.15, -0.1) is 11.3 Å². The number of nitrogens with two attached hydrogens (primary N) is 1. The second kappa shape index (κ2) is 6.46. The number of ketones is 1. The van der Waals surface area contributed by atoms with E-state index >= 15 is 0 Å². The molecule has 1 saturated carbocycles. The maximum absolute atomic E-state index is 12.1. The lowest BCUT2D eigenvalue weighted by Gasteiger charge is -2.26. The summed E-state index contributed by atoms with van der Waals surface area (Å²) in [6.45, 7) is 3.65. The highest BCUT2D eigenvalue weighted by Crippen LogP contribution is 2.38. The summed E-state index contributed by atoms with van der Waals surface area (Å²) in [6, 6.07) is 2.32. The number of nitrogens with one attached hydrogen (secondary N) is 1. The Labute approximate surface area is 128 Å². The van der Waals surface area contributed by atoms with Crippen molar-refractivity contribution >= 4 is 27.8 Å². The van der Waals surface area contributed by atoms with Gasteiger partial charge < -0.3 is 16.2 Å². The van der Waals surface area contributed by atoms with Crippen LogP contribution < -0.4 is 11.1 Å². The zero-order valence-corrected chi connectivity index (χ0v) is 13.2. The zero-order valence-electron chi connectivity index (χ0n) is 12.3. The van der Waals surface area contributed by atoms with Crippen molar-refractivity contribution < 1.29 is 9.90 Å². The molecule has 1 aromatic rings. The third-order valence-corrected chi connectivity index (χ3v) is 4.99. The van der Waals surface area contributed by atoms with Crippen molar-refractivity contribution in [3.63, 3.8) is 0 Å². The highest BCUT2D eigenvalue weighted by Gasteiger charge is 2.25. The van der Waals surface area contributed by atoms with Gasteiger partial charge in [0.2, 0.25) is 0 Å². The molecule has 6 heteroatoms. The van der Waals surface area contributed by atoms with E-state index in [4.69, 9.17) is 5.73 Å². The van der Waals surface area contributed by atoms with E-state index in [2.05, 4.69) is 11.4 Å². The number of nitriles is 1. The topological polar surface area (TPSA) is 99.1 Å². The number of nitrogen functional groups attached to an aromatic ring is 1. The fourth-order valence-corrected chi connectivity index (χ4v) is 3.74. The van der Waals surface area contributed by atoms with E-state index in [1.54, 1.807) is 0 Å². The smallest absolute Gasteiger partial charge is 0.177 e. The molecule has 0 saturated heterocycles. The van der Waals surface area contributed by atoms with Crippen LogP contribution in [0.4, 0.5) is 10.7 Å². The van der Waals surface area contributed by atoms with Crippen LogP contribution in [0.1, 0.15) is 54.8 Å². The Bertz CT molecular complexity index is 566. The molecule has 0 aliphatic heterocycles. The first kappa shape index (κ1) is 15.8. The molecule has 4 N–H and O–H groups in total. The summed E-state index contributed by atoms with van der Waals surface area (Å²) in [6.07, 6.45) is 3.02. The lowest BCUT2D eigenvalue weighted by molar-refractivity contribution is 0.0944. The summed E-state index contributed by atoms with van der Waals surface area (Å²) in [7, 11) is 0. The van der Waals surface area contributed by atoms with Crippen LogP contribution in [0.2, 0.25) is 0 Å². The summed E-state index contributed by atoms with van der Waals surface area (Å²) >= 11 is 1.27. The van der Waals surface area contributed by atoms with Gasteiger partial charge in [0.1, 0.15) is 16.6 Å². The van der Waals surface area contributed by atoms with Crippen molar-refractivity contribution in [3.8, 4) is 6.07 Å². The lowest BCUT2D eigenvalue weighted by atomic mass is 9.93. The third-order valence-electron chi connectivity index (χ3n) is 3.84. The molecular weight excluding hydrogens is 286 g/mol. The van der Waals surface area contributed by atoms with Gasteiger partial charge in [-0.05, 0) is 25.7 Å². The Kier molecular flexibility index (Phi) is 4.86.